The molecule has 0 aromatic heterocycles. The molecule has 15 heavy (non-hydrogen) atoms. The fourth-order valence-corrected chi connectivity index (χ4v) is 1.69. The van der Waals surface area contributed by atoms with E-state index in [4.69, 9.17) is 6.42 Å². The van der Waals surface area contributed by atoms with Gasteiger partial charge >= 0.3 is 0 Å². The number of rotatable bonds is 6. The number of hydrogen-bond acceptors (Lipinski definition) is 1. The molecule has 1 N–H and O–H groups in total. The Morgan fingerprint density at radius 1 is 1.33 bits per heavy atom. The molecule has 0 spiro atoms. The van der Waals surface area contributed by atoms with Crippen LogP contribution in [0.5, 0.6) is 0 Å². The predicted octanol–water partition coefficient (Wildman–Crippen LogP) is 2.79. The lowest BCUT2D eigenvalue weighted by Gasteiger charge is -2.16. The molecule has 0 aliphatic heterocycles. The SMILES string of the molecule is C#CCCC(CNCC)c1ccccc1. The van der Waals surface area contributed by atoms with Gasteiger partial charge in [-0.3, -0.25) is 0 Å². The lowest BCUT2D eigenvalue weighted by atomic mass is 9.94. The van der Waals surface area contributed by atoms with E-state index in [2.05, 4.69) is 48.5 Å². The van der Waals surface area contributed by atoms with Crippen LogP contribution in [-0.4, -0.2) is 13.1 Å². The van der Waals surface area contributed by atoms with Gasteiger partial charge in [-0.2, -0.15) is 0 Å². The number of likely N-dealkylation sites (N-methyl/N-ethyl adjacent to an activating group) is 1. The largest absolute Gasteiger partial charge is 0.316 e. The maximum atomic E-state index is 5.31. The van der Waals surface area contributed by atoms with Gasteiger partial charge in [-0.1, -0.05) is 37.3 Å². The summed E-state index contributed by atoms with van der Waals surface area (Å²) < 4.78 is 0. The predicted molar refractivity (Wildman–Crippen MR) is 65.8 cm³/mol. The van der Waals surface area contributed by atoms with Gasteiger partial charge in [-0.15, -0.1) is 12.3 Å². The first-order chi connectivity index (χ1) is 7.38. The molecule has 1 aromatic rings. The number of terminal acetylenes is 1. The molecule has 1 heteroatoms. The van der Waals surface area contributed by atoms with Gasteiger partial charge in [-0.05, 0) is 24.4 Å². The summed E-state index contributed by atoms with van der Waals surface area (Å²) in [5.74, 6) is 3.26. The van der Waals surface area contributed by atoms with Crippen LogP contribution in [0.4, 0.5) is 0 Å². The van der Waals surface area contributed by atoms with Gasteiger partial charge < -0.3 is 5.32 Å². The summed E-state index contributed by atoms with van der Waals surface area (Å²) >= 11 is 0. The van der Waals surface area contributed by atoms with E-state index in [1.165, 1.54) is 5.56 Å². The number of nitrogens with one attached hydrogen (secondary N) is 1. The van der Waals surface area contributed by atoms with Crippen molar-refractivity contribution in [3.8, 4) is 12.3 Å². The van der Waals surface area contributed by atoms with Gasteiger partial charge in [0.1, 0.15) is 0 Å². The van der Waals surface area contributed by atoms with Crippen LogP contribution in [0.1, 0.15) is 31.2 Å². The monoisotopic (exact) mass is 201 g/mol. The van der Waals surface area contributed by atoms with Crippen LogP contribution in [0, 0.1) is 12.3 Å². The Labute approximate surface area is 92.9 Å². The average Bonchev–Trinajstić information content (AvgIpc) is 2.30. The fraction of sp³-hybridized carbons (Fsp3) is 0.429. The van der Waals surface area contributed by atoms with Crippen molar-refractivity contribution < 1.29 is 0 Å². The summed E-state index contributed by atoms with van der Waals surface area (Å²) in [5, 5.41) is 3.39. The van der Waals surface area contributed by atoms with E-state index in [1.54, 1.807) is 0 Å². The van der Waals surface area contributed by atoms with Crippen LogP contribution in [0.2, 0.25) is 0 Å². The van der Waals surface area contributed by atoms with E-state index >= 15 is 0 Å². The molecule has 1 nitrogen and oxygen atoms in total. The normalized spacial score (nSPS) is 12.0. The van der Waals surface area contributed by atoms with Gasteiger partial charge in [0.25, 0.3) is 0 Å². The highest BCUT2D eigenvalue weighted by Gasteiger charge is 2.09. The Kier molecular flexibility index (Phi) is 5.58. The molecule has 1 rings (SSSR count). The summed E-state index contributed by atoms with van der Waals surface area (Å²) in [6.07, 6.45) is 7.23. The Bertz CT molecular complexity index is 297. The maximum absolute atomic E-state index is 5.31. The van der Waals surface area contributed by atoms with Crippen molar-refractivity contribution in [2.75, 3.05) is 13.1 Å². The molecule has 0 bridgehead atoms. The van der Waals surface area contributed by atoms with Gasteiger partial charge in [-0.25, -0.2) is 0 Å². The zero-order chi connectivity index (χ0) is 10.9. The van der Waals surface area contributed by atoms with Crippen molar-refractivity contribution in [3.05, 3.63) is 35.9 Å². The highest BCUT2D eigenvalue weighted by molar-refractivity contribution is 5.20. The molecule has 0 aliphatic rings. The topological polar surface area (TPSA) is 12.0 Å². The third kappa shape index (κ3) is 4.18. The molecule has 0 fully saturated rings. The van der Waals surface area contributed by atoms with Gasteiger partial charge in [0.05, 0.1) is 0 Å². The van der Waals surface area contributed by atoms with Crippen LogP contribution >= 0.6 is 0 Å². The van der Waals surface area contributed by atoms with Crippen molar-refractivity contribution >= 4 is 0 Å². The minimum absolute atomic E-state index is 0.544. The molecule has 0 radical (unpaired) electrons. The van der Waals surface area contributed by atoms with Crippen LogP contribution in [0.3, 0.4) is 0 Å². The second-order valence-corrected chi connectivity index (χ2v) is 3.66. The molecule has 0 saturated heterocycles. The minimum Gasteiger partial charge on any atom is -0.316 e. The molecule has 1 atom stereocenters. The first-order valence-corrected chi connectivity index (χ1v) is 5.57. The molecule has 80 valence electrons. The summed E-state index contributed by atoms with van der Waals surface area (Å²) in [4.78, 5) is 0. The Morgan fingerprint density at radius 3 is 2.67 bits per heavy atom. The molecule has 0 saturated carbocycles. The highest BCUT2D eigenvalue weighted by Crippen LogP contribution is 2.19. The zero-order valence-corrected chi connectivity index (χ0v) is 9.37. The van der Waals surface area contributed by atoms with Crippen molar-refractivity contribution in [2.24, 2.45) is 0 Å². The smallest absolute Gasteiger partial charge is 0.00923 e. The van der Waals surface area contributed by atoms with Crippen molar-refractivity contribution in [1.82, 2.24) is 5.32 Å². The second kappa shape index (κ2) is 7.09. The third-order valence-corrected chi connectivity index (χ3v) is 2.55. The van der Waals surface area contributed by atoms with E-state index in [9.17, 15) is 0 Å². The molecule has 0 amide bonds. The van der Waals surface area contributed by atoms with E-state index < -0.39 is 0 Å². The molecular weight excluding hydrogens is 182 g/mol. The van der Waals surface area contributed by atoms with Crippen LogP contribution in [0.25, 0.3) is 0 Å². The van der Waals surface area contributed by atoms with Crippen molar-refractivity contribution in [2.45, 2.75) is 25.7 Å². The summed E-state index contributed by atoms with van der Waals surface area (Å²) in [6.45, 7) is 4.16. The Hall–Kier alpha value is -1.26. The lowest BCUT2D eigenvalue weighted by molar-refractivity contribution is 0.569. The first kappa shape index (κ1) is 11.8. The van der Waals surface area contributed by atoms with Gasteiger partial charge in [0.15, 0.2) is 0 Å². The number of hydrogen-bond donors (Lipinski definition) is 1. The Balaban J connectivity index is 2.59. The van der Waals surface area contributed by atoms with Gasteiger partial charge in [0.2, 0.25) is 0 Å². The van der Waals surface area contributed by atoms with E-state index in [1.807, 2.05) is 0 Å². The van der Waals surface area contributed by atoms with Crippen LogP contribution in [-0.2, 0) is 0 Å². The molecule has 1 aromatic carbocycles. The van der Waals surface area contributed by atoms with Crippen LogP contribution in [0.15, 0.2) is 30.3 Å². The van der Waals surface area contributed by atoms with E-state index in [0.29, 0.717) is 5.92 Å². The number of benzene rings is 1. The van der Waals surface area contributed by atoms with E-state index in [-0.39, 0.29) is 0 Å². The lowest BCUT2D eigenvalue weighted by Crippen LogP contribution is -2.21. The van der Waals surface area contributed by atoms with Crippen molar-refractivity contribution in [3.63, 3.8) is 0 Å². The molecular formula is C14H19N. The summed E-state index contributed by atoms with van der Waals surface area (Å²) in [6, 6.07) is 10.6. The van der Waals surface area contributed by atoms with Gasteiger partial charge in [0, 0.05) is 13.0 Å². The molecule has 0 heterocycles. The molecule has 1 unspecified atom stereocenters. The standard InChI is InChI=1S/C14H19N/c1-3-5-9-14(12-15-4-2)13-10-7-6-8-11-13/h1,6-8,10-11,14-15H,4-5,9,12H2,2H3. The average molecular weight is 201 g/mol. The maximum Gasteiger partial charge on any atom is 0.00923 e. The van der Waals surface area contributed by atoms with E-state index in [0.717, 1.165) is 25.9 Å². The quantitative estimate of drug-likeness (QED) is 0.698. The van der Waals surface area contributed by atoms with Crippen LogP contribution < -0.4 is 5.32 Å². The third-order valence-electron chi connectivity index (χ3n) is 2.55. The fourth-order valence-electron chi connectivity index (χ4n) is 1.69. The van der Waals surface area contributed by atoms with Crippen molar-refractivity contribution in [1.29, 1.82) is 0 Å². The second-order valence-electron chi connectivity index (χ2n) is 3.66. The highest BCUT2D eigenvalue weighted by atomic mass is 14.8. The summed E-state index contributed by atoms with van der Waals surface area (Å²) in [5.41, 5.74) is 1.38. The minimum atomic E-state index is 0.544. The first-order valence-electron chi connectivity index (χ1n) is 5.57. The Morgan fingerprint density at radius 2 is 2.07 bits per heavy atom. The summed E-state index contributed by atoms with van der Waals surface area (Å²) in [7, 11) is 0. The molecule has 0 aliphatic carbocycles. The zero-order valence-electron chi connectivity index (χ0n) is 9.37.